The summed E-state index contributed by atoms with van der Waals surface area (Å²) >= 11 is 0. The number of carbonyl (C=O) groups excluding carboxylic acids is 2. The second-order valence-electron chi connectivity index (χ2n) is 10.7. The van der Waals surface area contributed by atoms with Crippen molar-refractivity contribution in [2.75, 3.05) is 12.8 Å². The van der Waals surface area contributed by atoms with Crippen LogP contribution in [0.3, 0.4) is 0 Å². The summed E-state index contributed by atoms with van der Waals surface area (Å²) in [4.78, 5) is 24.9. The van der Waals surface area contributed by atoms with E-state index in [0.717, 1.165) is 42.6 Å². The summed E-state index contributed by atoms with van der Waals surface area (Å²) in [5.41, 5.74) is 0.641. The Morgan fingerprint density at radius 2 is 1.05 bits per heavy atom. The number of ketones is 1. The molecule has 5 aromatic rings. The minimum atomic E-state index is -1.80. The Bertz CT molecular complexity index is 1490. The Morgan fingerprint density at radius 1 is 0.524 bits per heavy atom. The number of rotatable bonds is 14. The predicted octanol–water partition coefficient (Wildman–Crippen LogP) is 7.90. The van der Waals surface area contributed by atoms with Crippen molar-refractivity contribution < 1.29 is 14.3 Å². The minimum Gasteiger partial charge on any atom is -0.466 e. The molecule has 0 fully saturated rings. The molecule has 0 aliphatic rings. The van der Waals surface area contributed by atoms with Crippen LogP contribution in [-0.4, -0.2) is 24.5 Å². The molecule has 5 rings (SSSR count). The van der Waals surface area contributed by atoms with E-state index in [9.17, 15) is 9.59 Å². The van der Waals surface area contributed by atoms with Gasteiger partial charge in [-0.15, -0.1) is 0 Å². The Hall–Kier alpha value is -4.07. The minimum absolute atomic E-state index is 0.0280. The molecule has 3 nitrogen and oxygen atoms in total. The van der Waals surface area contributed by atoms with Gasteiger partial charge in [-0.3, -0.25) is 9.59 Å². The molecule has 5 aromatic carbocycles. The van der Waals surface area contributed by atoms with Crippen molar-refractivity contribution in [2.24, 2.45) is 0 Å². The Balaban J connectivity index is 1.10. The molecule has 0 aromatic heterocycles. The number of esters is 1. The number of benzene rings is 5. The highest BCUT2D eigenvalue weighted by molar-refractivity contribution is 7.95. The van der Waals surface area contributed by atoms with Gasteiger partial charge in [0.1, 0.15) is 23.2 Å². The molecule has 0 aliphatic heterocycles. The molecular weight excluding hydrogens is 535 g/mol. The number of ether oxygens (including phenoxy) is 1. The number of carbonyl (C=O) groups is 2. The van der Waals surface area contributed by atoms with Crippen LogP contribution >= 0.6 is 7.26 Å². The molecule has 0 saturated heterocycles. The maximum absolute atomic E-state index is 12.6. The third-order valence-corrected chi connectivity index (χ3v) is 12.4. The standard InChI is InChI=1S/C38H38O3P/c39-37(33-25-24-31-16-12-13-17-32(31)30-33)26-27-38(40)41-28-14-1-2-15-29-42(34-18-6-3-7-19-34,35-20-8-4-9-21-35)36-22-10-5-11-23-36/h3-13,16-25,30H,1-2,14-15,26-29H2/q+1. The lowest BCUT2D eigenvalue weighted by atomic mass is 10.0. The van der Waals surface area contributed by atoms with Gasteiger partial charge in [0.05, 0.1) is 19.2 Å². The van der Waals surface area contributed by atoms with Crippen molar-refractivity contribution in [1.29, 1.82) is 0 Å². The van der Waals surface area contributed by atoms with Gasteiger partial charge in [-0.25, -0.2) is 0 Å². The molecule has 0 aliphatic carbocycles. The highest BCUT2D eigenvalue weighted by Gasteiger charge is 2.44. The van der Waals surface area contributed by atoms with Gasteiger partial charge in [0.2, 0.25) is 0 Å². The number of hydrogen-bond donors (Lipinski definition) is 0. The van der Waals surface area contributed by atoms with E-state index < -0.39 is 7.26 Å². The van der Waals surface area contributed by atoms with Crippen molar-refractivity contribution in [3.8, 4) is 0 Å². The second kappa shape index (κ2) is 14.7. The highest BCUT2D eigenvalue weighted by atomic mass is 31.2. The summed E-state index contributed by atoms with van der Waals surface area (Å²) in [7, 11) is -1.80. The molecule has 0 atom stereocenters. The van der Waals surface area contributed by atoms with Crippen LogP contribution in [-0.2, 0) is 9.53 Å². The number of Topliss-reactive ketones (excluding diaryl/α,β-unsaturated/α-hetero) is 1. The molecule has 0 heterocycles. The fourth-order valence-corrected chi connectivity index (χ4v) is 10.1. The topological polar surface area (TPSA) is 43.4 Å². The average Bonchev–Trinajstić information content (AvgIpc) is 3.06. The van der Waals surface area contributed by atoms with Gasteiger partial charge in [0.15, 0.2) is 5.78 Å². The monoisotopic (exact) mass is 573 g/mol. The first-order valence-corrected chi connectivity index (χ1v) is 16.9. The molecule has 42 heavy (non-hydrogen) atoms. The van der Waals surface area contributed by atoms with Crippen LogP contribution in [0.25, 0.3) is 10.8 Å². The molecule has 0 bridgehead atoms. The van der Waals surface area contributed by atoms with Gasteiger partial charge in [0, 0.05) is 12.0 Å². The molecule has 0 amide bonds. The zero-order valence-corrected chi connectivity index (χ0v) is 24.9. The molecule has 0 spiro atoms. The summed E-state index contributed by atoms with van der Waals surface area (Å²) in [6.07, 6.45) is 5.39. The summed E-state index contributed by atoms with van der Waals surface area (Å²) in [5.74, 6) is -0.328. The maximum Gasteiger partial charge on any atom is 0.306 e. The second-order valence-corrected chi connectivity index (χ2v) is 14.3. The molecule has 212 valence electrons. The molecule has 0 radical (unpaired) electrons. The van der Waals surface area contributed by atoms with Crippen molar-refractivity contribution >= 4 is 45.7 Å². The first-order chi connectivity index (χ1) is 20.7. The highest BCUT2D eigenvalue weighted by Crippen LogP contribution is 2.56. The fourth-order valence-electron chi connectivity index (χ4n) is 5.67. The van der Waals surface area contributed by atoms with Crippen molar-refractivity contribution in [3.05, 3.63) is 139 Å². The van der Waals surface area contributed by atoms with Gasteiger partial charge in [-0.05, 0) is 78.9 Å². The Kier molecular flexibility index (Phi) is 10.3. The van der Waals surface area contributed by atoms with Crippen molar-refractivity contribution in [3.63, 3.8) is 0 Å². The van der Waals surface area contributed by atoms with Crippen LogP contribution in [0.5, 0.6) is 0 Å². The van der Waals surface area contributed by atoms with Crippen LogP contribution in [0.4, 0.5) is 0 Å². The number of hydrogen-bond acceptors (Lipinski definition) is 3. The van der Waals surface area contributed by atoms with Crippen LogP contribution in [0, 0.1) is 0 Å². The molecular formula is C38H38O3P+. The third-order valence-electron chi connectivity index (χ3n) is 7.87. The normalized spacial score (nSPS) is 11.3. The summed E-state index contributed by atoms with van der Waals surface area (Å²) in [6, 6.07) is 46.6. The van der Waals surface area contributed by atoms with E-state index in [0.29, 0.717) is 12.2 Å². The quantitative estimate of drug-likeness (QED) is 0.0587. The van der Waals surface area contributed by atoms with Crippen molar-refractivity contribution in [1.82, 2.24) is 0 Å². The van der Waals surface area contributed by atoms with Gasteiger partial charge in [-0.1, -0.05) is 91.0 Å². The van der Waals surface area contributed by atoms with Gasteiger partial charge >= 0.3 is 5.97 Å². The summed E-state index contributed by atoms with van der Waals surface area (Å²) in [6.45, 7) is 0.402. The summed E-state index contributed by atoms with van der Waals surface area (Å²) < 4.78 is 5.47. The van der Waals surface area contributed by atoms with E-state index in [4.69, 9.17) is 4.74 Å². The van der Waals surface area contributed by atoms with Crippen LogP contribution < -0.4 is 15.9 Å². The lowest BCUT2D eigenvalue weighted by molar-refractivity contribution is -0.143. The Labute approximate surface area is 249 Å². The molecule has 0 unspecified atom stereocenters. The van der Waals surface area contributed by atoms with Crippen molar-refractivity contribution in [2.45, 2.75) is 38.5 Å². The molecule has 0 saturated carbocycles. The van der Waals surface area contributed by atoms with Crippen LogP contribution in [0.2, 0.25) is 0 Å². The Morgan fingerprint density at radius 3 is 1.64 bits per heavy atom. The lowest BCUT2D eigenvalue weighted by Gasteiger charge is -2.27. The SMILES string of the molecule is O=C(CCC(=O)c1ccc2ccccc2c1)OCCCCCC[P+](c1ccccc1)(c1ccccc1)c1ccccc1. The van der Waals surface area contributed by atoms with E-state index in [1.165, 1.54) is 15.9 Å². The smallest absolute Gasteiger partial charge is 0.306 e. The van der Waals surface area contributed by atoms with E-state index in [2.05, 4.69) is 91.0 Å². The fraction of sp³-hybridized carbons (Fsp3) is 0.211. The van der Waals surface area contributed by atoms with Gasteiger partial charge in [0.25, 0.3) is 0 Å². The third kappa shape index (κ3) is 7.22. The average molecular weight is 574 g/mol. The van der Waals surface area contributed by atoms with Gasteiger partial charge in [-0.2, -0.15) is 0 Å². The van der Waals surface area contributed by atoms with E-state index in [-0.39, 0.29) is 24.6 Å². The lowest BCUT2D eigenvalue weighted by Crippen LogP contribution is -2.33. The first kappa shape index (κ1) is 29.4. The molecule has 0 N–H and O–H groups in total. The van der Waals surface area contributed by atoms with Crippen LogP contribution in [0.15, 0.2) is 133 Å². The van der Waals surface area contributed by atoms with E-state index in [1.54, 1.807) is 0 Å². The van der Waals surface area contributed by atoms with Gasteiger partial charge < -0.3 is 4.74 Å². The number of unbranched alkanes of at least 4 members (excludes halogenated alkanes) is 3. The van der Waals surface area contributed by atoms with E-state index >= 15 is 0 Å². The zero-order chi connectivity index (χ0) is 29.0. The zero-order valence-electron chi connectivity index (χ0n) is 24.0. The summed E-state index contributed by atoms with van der Waals surface area (Å²) in [5, 5.41) is 6.36. The molecule has 4 heteroatoms. The van der Waals surface area contributed by atoms with Crippen LogP contribution in [0.1, 0.15) is 48.9 Å². The van der Waals surface area contributed by atoms with E-state index in [1.807, 2.05) is 42.5 Å². The largest absolute Gasteiger partial charge is 0.466 e. The maximum atomic E-state index is 12.6. The number of fused-ring (bicyclic) bond motifs is 1. The predicted molar refractivity (Wildman–Crippen MR) is 177 cm³/mol. The first-order valence-electron chi connectivity index (χ1n) is 14.9.